The maximum absolute atomic E-state index is 13.3. The van der Waals surface area contributed by atoms with Crippen LogP contribution in [0, 0.1) is 6.92 Å². The molecule has 5 rings (SSSR count). The number of benzene rings is 4. The largest absolute Gasteiger partial charge is 0.448 e. The summed E-state index contributed by atoms with van der Waals surface area (Å²) in [6.45, 7) is 1.71. The summed E-state index contributed by atoms with van der Waals surface area (Å²) in [5.41, 5.74) is 0.0824. The molecular weight excluding hydrogens is 519 g/mol. The van der Waals surface area contributed by atoms with Crippen LogP contribution in [0.2, 0.25) is 5.02 Å². The number of esters is 1. The summed E-state index contributed by atoms with van der Waals surface area (Å²) in [7, 11) is 0. The van der Waals surface area contributed by atoms with E-state index in [1.165, 1.54) is 0 Å². The third kappa shape index (κ3) is 4.82. The van der Waals surface area contributed by atoms with E-state index in [-0.39, 0.29) is 16.5 Å². The highest BCUT2D eigenvalue weighted by Gasteiger charge is 2.33. The van der Waals surface area contributed by atoms with Gasteiger partial charge in [0.2, 0.25) is 11.9 Å². The second kappa shape index (κ2) is 9.87. The van der Waals surface area contributed by atoms with Crippen LogP contribution in [0.4, 0.5) is 18.9 Å². The second-order valence-electron chi connectivity index (χ2n) is 8.60. The maximum atomic E-state index is 13.3. The number of nitrogens with one attached hydrogen (secondary N) is 1. The summed E-state index contributed by atoms with van der Waals surface area (Å²) in [4.78, 5) is 26.6. The average molecular weight is 538 g/mol. The number of fused-ring (bicyclic) bond motifs is 3. The van der Waals surface area contributed by atoms with Gasteiger partial charge in [0.25, 0.3) is 5.91 Å². The fourth-order valence-corrected chi connectivity index (χ4v) is 4.37. The number of hydrogen-bond donors (Lipinski definition) is 1. The van der Waals surface area contributed by atoms with Crippen LogP contribution in [0.15, 0.2) is 89.3 Å². The fraction of sp³-hybridized carbons (Fsp3) is 0.103. The first-order chi connectivity index (χ1) is 18.1. The average Bonchev–Trinajstić information content (AvgIpc) is 3.25. The van der Waals surface area contributed by atoms with Gasteiger partial charge in [-0.05, 0) is 30.5 Å². The van der Waals surface area contributed by atoms with Crippen molar-refractivity contribution in [1.82, 2.24) is 0 Å². The van der Waals surface area contributed by atoms with Gasteiger partial charge in [-0.1, -0.05) is 78.3 Å². The lowest BCUT2D eigenvalue weighted by atomic mass is 10.1. The van der Waals surface area contributed by atoms with Crippen LogP contribution in [-0.4, -0.2) is 11.9 Å². The lowest BCUT2D eigenvalue weighted by Gasteiger charge is -2.19. The number of aryl methyl sites for hydroxylation is 1. The van der Waals surface area contributed by atoms with Crippen molar-refractivity contribution in [1.29, 1.82) is 0 Å². The fourth-order valence-electron chi connectivity index (χ4n) is 4.20. The number of carbonyl (C=O) groups excluding carboxylic acids is 2. The number of halogens is 4. The molecule has 0 bridgehead atoms. The Kier molecular flexibility index (Phi) is 6.59. The molecular formula is C29H19ClF3NO4. The van der Waals surface area contributed by atoms with Crippen LogP contribution >= 0.6 is 11.6 Å². The number of carbonyl (C=O) groups is 2. The molecule has 5 aromatic rings. The quantitative estimate of drug-likeness (QED) is 0.230. The van der Waals surface area contributed by atoms with Gasteiger partial charge in [0, 0.05) is 21.9 Å². The molecule has 192 valence electrons. The van der Waals surface area contributed by atoms with Gasteiger partial charge < -0.3 is 14.5 Å². The number of rotatable bonds is 5. The minimum atomic E-state index is -4.64. The third-order valence-corrected chi connectivity index (χ3v) is 6.46. The third-order valence-electron chi connectivity index (χ3n) is 6.13. The Morgan fingerprint density at radius 2 is 1.63 bits per heavy atom. The highest BCUT2D eigenvalue weighted by Crippen LogP contribution is 2.35. The SMILES string of the molecule is Cc1c(C(=O)O[C@H](C(=O)Nc2cc(C(F)(F)F)ccc2Cl)c2ccccc2)oc2c1ccc1ccccc12. The smallest absolute Gasteiger partial charge is 0.416 e. The van der Waals surface area contributed by atoms with Gasteiger partial charge in [-0.2, -0.15) is 13.2 Å². The van der Waals surface area contributed by atoms with Crippen molar-refractivity contribution in [3.63, 3.8) is 0 Å². The molecule has 1 heterocycles. The monoisotopic (exact) mass is 537 g/mol. The van der Waals surface area contributed by atoms with E-state index in [2.05, 4.69) is 5.32 Å². The van der Waals surface area contributed by atoms with Gasteiger partial charge in [0.05, 0.1) is 16.3 Å². The number of amides is 1. The number of alkyl halides is 3. The Bertz CT molecular complexity index is 1680. The summed E-state index contributed by atoms with van der Waals surface area (Å²) in [6.07, 6.45) is -6.14. The van der Waals surface area contributed by atoms with E-state index >= 15 is 0 Å². The van der Waals surface area contributed by atoms with Crippen LogP contribution in [0.3, 0.4) is 0 Å². The van der Waals surface area contributed by atoms with Crippen molar-refractivity contribution in [2.45, 2.75) is 19.2 Å². The van der Waals surface area contributed by atoms with E-state index in [4.69, 9.17) is 20.8 Å². The van der Waals surface area contributed by atoms with Crippen LogP contribution in [0.5, 0.6) is 0 Å². The molecule has 0 aliphatic rings. The molecule has 0 saturated carbocycles. The van der Waals surface area contributed by atoms with E-state index in [1.54, 1.807) is 37.3 Å². The van der Waals surface area contributed by atoms with Crippen LogP contribution < -0.4 is 5.32 Å². The highest BCUT2D eigenvalue weighted by atomic mass is 35.5. The van der Waals surface area contributed by atoms with E-state index < -0.39 is 29.7 Å². The van der Waals surface area contributed by atoms with Crippen LogP contribution in [0.1, 0.15) is 33.3 Å². The summed E-state index contributed by atoms with van der Waals surface area (Å²) < 4.78 is 51.2. The molecule has 38 heavy (non-hydrogen) atoms. The van der Waals surface area contributed by atoms with E-state index in [9.17, 15) is 22.8 Å². The lowest BCUT2D eigenvalue weighted by molar-refractivity contribution is -0.137. The Balaban J connectivity index is 1.49. The van der Waals surface area contributed by atoms with Gasteiger partial charge >= 0.3 is 12.1 Å². The van der Waals surface area contributed by atoms with Crippen LogP contribution in [-0.2, 0) is 15.7 Å². The summed E-state index contributed by atoms with van der Waals surface area (Å²) in [6, 6.07) is 21.9. The van der Waals surface area contributed by atoms with E-state index in [0.29, 0.717) is 22.1 Å². The van der Waals surface area contributed by atoms with Crippen molar-refractivity contribution >= 4 is 50.9 Å². The highest BCUT2D eigenvalue weighted by molar-refractivity contribution is 6.33. The molecule has 0 aliphatic heterocycles. The zero-order valence-electron chi connectivity index (χ0n) is 19.8. The first-order valence-corrected chi connectivity index (χ1v) is 11.9. The zero-order valence-corrected chi connectivity index (χ0v) is 20.6. The topological polar surface area (TPSA) is 68.5 Å². The standard InChI is InChI=1S/C29H19ClF3NO4/c1-16-20-13-11-17-7-5-6-10-21(17)26(20)37-24(16)28(36)38-25(18-8-3-2-4-9-18)27(35)34-23-15-19(29(31,32)33)12-14-22(23)30/h2-15,25H,1H3,(H,34,35)/t25-/m0/s1. The number of furan rings is 1. The number of anilines is 1. The first-order valence-electron chi connectivity index (χ1n) is 11.5. The molecule has 0 fully saturated rings. The normalized spacial score (nSPS) is 12.4. The molecule has 0 aliphatic carbocycles. The Morgan fingerprint density at radius 3 is 2.37 bits per heavy atom. The van der Waals surface area contributed by atoms with Crippen molar-refractivity contribution in [2.24, 2.45) is 0 Å². The van der Waals surface area contributed by atoms with E-state index in [1.807, 2.05) is 36.4 Å². The molecule has 1 aromatic heterocycles. The zero-order chi connectivity index (χ0) is 27.0. The van der Waals surface area contributed by atoms with Crippen molar-refractivity contribution in [3.05, 3.63) is 112 Å². The predicted octanol–water partition coefficient (Wildman–Crippen LogP) is 8.10. The van der Waals surface area contributed by atoms with E-state index in [0.717, 1.165) is 29.0 Å². The number of ether oxygens (including phenoxy) is 1. The van der Waals surface area contributed by atoms with Crippen molar-refractivity contribution in [2.75, 3.05) is 5.32 Å². The molecule has 0 spiro atoms. The second-order valence-corrected chi connectivity index (χ2v) is 9.00. The number of hydrogen-bond acceptors (Lipinski definition) is 4. The molecule has 0 radical (unpaired) electrons. The Morgan fingerprint density at radius 1 is 0.921 bits per heavy atom. The van der Waals surface area contributed by atoms with Crippen LogP contribution in [0.25, 0.3) is 21.7 Å². The molecule has 1 atom stereocenters. The van der Waals surface area contributed by atoms with Gasteiger partial charge in [-0.15, -0.1) is 0 Å². The predicted molar refractivity (Wildman–Crippen MR) is 138 cm³/mol. The molecule has 4 aromatic carbocycles. The summed E-state index contributed by atoms with van der Waals surface area (Å²) in [5, 5.41) is 4.71. The minimum Gasteiger partial charge on any atom is -0.448 e. The van der Waals surface area contributed by atoms with Gasteiger partial charge in [0.15, 0.2) is 0 Å². The molecule has 0 saturated heterocycles. The van der Waals surface area contributed by atoms with Crippen molar-refractivity contribution < 1.29 is 31.9 Å². The van der Waals surface area contributed by atoms with Crippen molar-refractivity contribution in [3.8, 4) is 0 Å². The molecule has 0 unspecified atom stereocenters. The molecule has 1 amide bonds. The molecule has 5 nitrogen and oxygen atoms in total. The minimum absolute atomic E-state index is 0.0813. The Labute approximate surface area is 219 Å². The summed E-state index contributed by atoms with van der Waals surface area (Å²) >= 11 is 6.05. The molecule has 9 heteroatoms. The maximum Gasteiger partial charge on any atom is 0.416 e. The Hall–Kier alpha value is -4.30. The van der Waals surface area contributed by atoms with Gasteiger partial charge in [-0.25, -0.2) is 4.79 Å². The first kappa shape index (κ1) is 25.4. The lowest BCUT2D eigenvalue weighted by Crippen LogP contribution is -2.26. The summed E-state index contributed by atoms with van der Waals surface area (Å²) in [5.74, 6) is -1.87. The van der Waals surface area contributed by atoms with Gasteiger partial charge in [-0.3, -0.25) is 4.79 Å². The molecule has 1 N–H and O–H groups in total. The van der Waals surface area contributed by atoms with Gasteiger partial charge in [0.1, 0.15) is 5.58 Å².